The number of aromatic hydroxyl groups is 1. The van der Waals surface area contributed by atoms with E-state index in [4.69, 9.17) is 0 Å². The Morgan fingerprint density at radius 1 is 1.37 bits per heavy atom. The molecule has 0 saturated heterocycles. The van der Waals surface area contributed by atoms with Crippen LogP contribution < -0.4 is 10.6 Å². The number of nitrogens with one attached hydrogen (secondary N) is 2. The predicted octanol–water partition coefficient (Wildman–Crippen LogP) is 0.632. The summed E-state index contributed by atoms with van der Waals surface area (Å²) < 4.78 is 0. The molecule has 1 aromatic carbocycles. The summed E-state index contributed by atoms with van der Waals surface area (Å²) in [5, 5.41) is 24.0. The van der Waals surface area contributed by atoms with Crippen LogP contribution in [0, 0.1) is 0 Å². The van der Waals surface area contributed by atoms with Crippen LogP contribution in [0.3, 0.4) is 0 Å². The number of benzene rings is 1. The first kappa shape index (κ1) is 15.0. The summed E-state index contributed by atoms with van der Waals surface area (Å²) in [4.78, 5) is 22.1. The summed E-state index contributed by atoms with van der Waals surface area (Å²) in [6.07, 6.45) is 0. The van der Waals surface area contributed by atoms with E-state index in [9.17, 15) is 19.8 Å². The zero-order valence-corrected chi connectivity index (χ0v) is 10.9. The fourth-order valence-corrected chi connectivity index (χ4v) is 1.74. The minimum atomic E-state index is -1.04. The molecular formula is C13H18N2O4. The molecule has 0 saturated carbocycles. The molecule has 1 amide bonds. The smallest absolute Gasteiger partial charge is 0.325 e. The molecule has 0 aliphatic heterocycles. The van der Waals surface area contributed by atoms with Crippen molar-refractivity contribution in [2.75, 3.05) is 6.54 Å². The lowest BCUT2D eigenvalue weighted by Crippen LogP contribution is -2.41. The van der Waals surface area contributed by atoms with E-state index >= 15 is 0 Å². The molecule has 0 fully saturated rings. The summed E-state index contributed by atoms with van der Waals surface area (Å²) in [5.41, 5.74) is 0.461. The van der Waals surface area contributed by atoms with Gasteiger partial charge < -0.3 is 15.5 Å². The highest BCUT2D eigenvalue weighted by atomic mass is 16.4. The van der Waals surface area contributed by atoms with E-state index in [0.717, 1.165) is 0 Å². The van der Waals surface area contributed by atoms with E-state index in [1.165, 1.54) is 19.1 Å². The molecule has 2 atom stereocenters. The van der Waals surface area contributed by atoms with Crippen molar-refractivity contribution in [3.05, 3.63) is 29.8 Å². The van der Waals surface area contributed by atoms with E-state index in [1.54, 1.807) is 19.1 Å². The average molecular weight is 266 g/mol. The molecule has 4 N–H and O–H groups in total. The van der Waals surface area contributed by atoms with Gasteiger partial charge in [0, 0.05) is 19.5 Å². The van der Waals surface area contributed by atoms with Gasteiger partial charge in [0.2, 0.25) is 5.91 Å². The summed E-state index contributed by atoms with van der Waals surface area (Å²) >= 11 is 0. The number of hydrogen-bond acceptors (Lipinski definition) is 4. The Labute approximate surface area is 111 Å². The second-order valence-electron chi connectivity index (χ2n) is 4.38. The van der Waals surface area contributed by atoms with Gasteiger partial charge in [-0.1, -0.05) is 12.1 Å². The van der Waals surface area contributed by atoms with Gasteiger partial charge in [0.15, 0.2) is 0 Å². The Hall–Kier alpha value is -2.08. The van der Waals surface area contributed by atoms with E-state index in [0.29, 0.717) is 12.1 Å². The van der Waals surface area contributed by atoms with Crippen molar-refractivity contribution >= 4 is 11.9 Å². The number of amides is 1. The van der Waals surface area contributed by atoms with Crippen molar-refractivity contribution in [2.24, 2.45) is 0 Å². The molecule has 0 aromatic heterocycles. The normalized spacial score (nSPS) is 13.6. The quantitative estimate of drug-likeness (QED) is 0.605. The summed E-state index contributed by atoms with van der Waals surface area (Å²) in [6.45, 7) is 3.49. The predicted molar refractivity (Wildman–Crippen MR) is 69.8 cm³/mol. The first-order chi connectivity index (χ1) is 8.90. The second-order valence-corrected chi connectivity index (χ2v) is 4.38. The Balaban J connectivity index is 2.69. The van der Waals surface area contributed by atoms with Gasteiger partial charge in [0.25, 0.3) is 0 Å². The minimum absolute atomic E-state index is 0.0143. The third kappa shape index (κ3) is 4.97. The number of carboxylic acids is 1. The van der Waals surface area contributed by atoms with Gasteiger partial charge in [-0.3, -0.25) is 14.9 Å². The Bertz CT molecular complexity index is 462. The first-order valence-electron chi connectivity index (χ1n) is 5.92. The Morgan fingerprint density at radius 2 is 2.05 bits per heavy atom. The summed E-state index contributed by atoms with van der Waals surface area (Å²) in [7, 11) is 0. The molecule has 0 bridgehead atoms. The lowest BCUT2D eigenvalue weighted by atomic mass is 10.1. The number of hydrogen-bond donors (Lipinski definition) is 4. The maximum atomic E-state index is 11.2. The van der Waals surface area contributed by atoms with Crippen LogP contribution in [0.4, 0.5) is 0 Å². The lowest BCUT2D eigenvalue weighted by molar-refractivity contribution is -0.139. The molecule has 1 aromatic rings. The van der Waals surface area contributed by atoms with Gasteiger partial charge >= 0.3 is 5.97 Å². The van der Waals surface area contributed by atoms with Gasteiger partial charge in [-0.25, -0.2) is 0 Å². The standard InChI is InChI=1S/C13H18N2O4/c1-8(15-9(2)16)7-14-12(13(18)19)10-4-3-5-11(17)6-10/h3-6,8,12,14,17H,7H2,1-2H3,(H,15,16)(H,18,19). The van der Waals surface area contributed by atoms with Crippen LogP contribution in [0.25, 0.3) is 0 Å². The summed E-state index contributed by atoms with van der Waals surface area (Å²) in [6, 6.07) is 4.96. The van der Waals surface area contributed by atoms with Gasteiger partial charge in [0.1, 0.15) is 11.8 Å². The van der Waals surface area contributed by atoms with E-state index < -0.39 is 12.0 Å². The zero-order chi connectivity index (χ0) is 14.4. The number of rotatable bonds is 6. The molecule has 0 aliphatic rings. The number of carbonyl (C=O) groups is 2. The van der Waals surface area contributed by atoms with Gasteiger partial charge in [-0.15, -0.1) is 0 Å². The highest BCUT2D eigenvalue weighted by Crippen LogP contribution is 2.18. The number of aliphatic carboxylic acids is 1. The van der Waals surface area contributed by atoms with Crippen LogP contribution in [-0.2, 0) is 9.59 Å². The third-order valence-corrected chi connectivity index (χ3v) is 2.53. The molecule has 0 aliphatic carbocycles. The molecule has 0 spiro atoms. The Morgan fingerprint density at radius 3 is 2.58 bits per heavy atom. The first-order valence-corrected chi connectivity index (χ1v) is 5.92. The molecule has 0 heterocycles. The molecule has 1 rings (SSSR count). The van der Waals surface area contributed by atoms with Crippen molar-refractivity contribution in [1.82, 2.24) is 10.6 Å². The molecule has 104 valence electrons. The summed E-state index contributed by atoms with van der Waals surface area (Å²) in [5.74, 6) is -1.19. The molecule has 2 unspecified atom stereocenters. The molecule has 0 radical (unpaired) electrons. The fraction of sp³-hybridized carbons (Fsp3) is 0.385. The Kier molecular flexibility index (Phi) is 5.32. The monoisotopic (exact) mass is 266 g/mol. The van der Waals surface area contributed by atoms with Gasteiger partial charge in [0.05, 0.1) is 0 Å². The van der Waals surface area contributed by atoms with Crippen molar-refractivity contribution in [1.29, 1.82) is 0 Å². The molecule has 19 heavy (non-hydrogen) atoms. The van der Waals surface area contributed by atoms with Crippen molar-refractivity contribution in [3.8, 4) is 5.75 Å². The van der Waals surface area contributed by atoms with Crippen LogP contribution in [0.5, 0.6) is 5.75 Å². The van der Waals surface area contributed by atoms with Crippen LogP contribution in [0.2, 0.25) is 0 Å². The highest BCUT2D eigenvalue weighted by molar-refractivity contribution is 5.76. The topological polar surface area (TPSA) is 98.7 Å². The average Bonchev–Trinajstić information content (AvgIpc) is 2.27. The van der Waals surface area contributed by atoms with Crippen LogP contribution in [-0.4, -0.2) is 34.7 Å². The van der Waals surface area contributed by atoms with Crippen LogP contribution in [0.15, 0.2) is 24.3 Å². The third-order valence-electron chi connectivity index (χ3n) is 2.53. The lowest BCUT2D eigenvalue weighted by Gasteiger charge is -2.19. The van der Waals surface area contributed by atoms with Crippen LogP contribution >= 0.6 is 0 Å². The number of phenols is 1. The maximum absolute atomic E-state index is 11.2. The molecule has 6 heteroatoms. The second kappa shape index (κ2) is 6.75. The number of carbonyl (C=O) groups excluding carboxylic acids is 1. The highest BCUT2D eigenvalue weighted by Gasteiger charge is 2.20. The van der Waals surface area contributed by atoms with Gasteiger partial charge in [-0.05, 0) is 24.6 Å². The van der Waals surface area contributed by atoms with E-state index in [1.807, 2.05) is 0 Å². The molecule has 6 nitrogen and oxygen atoms in total. The van der Waals surface area contributed by atoms with E-state index in [2.05, 4.69) is 10.6 Å². The van der Waals surface area contributed by atoms with Crippen molar-refractivity contribution < 1.29 is 19.8 Å². The largest absolute Gasteiger partial charge is 0.508 e. The van der Waals surface area contributed by atoms with Crippen molar-refractivity contribution in [2.45, 2.75) is 25.9 Å². The van der Waals surface area contributed by atoms with Crippen LogP contribution in [0.1, 0.15) is 25.5 Å². The zero-order valence-electron chi connectivity index (χ0n) is 10.9. The number of phenolic OH excluding ortho intramolecular Hbond substituents is 1. The maximum Gasteiger partial charge on any atom is 0.325 e. The van der Waals surface area contributed by atoms with Crippen molar-refractivity contribution in [3.63, 3.8) is 0 Å². The molecular weight excluding hydrogens is 248 g/mol. The van der Waals surface area contributed by atoms with Gasteiger partial charge in [-0.2, -0.15) is 0 Å². The van der Waals surface area contributed by atoms with E-state index in [-0.39, 0.29) is 17.7 Å². The number of carboxylic acid groups (broad SMARTS) is 1. The fourth-order valence-electron chi connectivity index (χ4n) is 1.74. The minimum Gasteiger partial charge on any atom is -0.508 e. The SMILES string of the molecule is CC(=O)NC(C)CNC(C(=O)O)c1cccc(O)c1.